The summed E-state index contributed by atoms with van der Waals surface area (Å²) in [6.07, 6.45) is 3.65. The van der Waals surface area contributed by atoms with Gasteiger partial charge in [-0.15, -0.1) is 0 Å². The van der Waals surface area contributed by atoms with E-state index in [0.29, 0.717) is 6.54 Å². The third-order valence-corrected chi connectivity index (χ3v) is 3.16. The van der Waals surface area contributed by atoms with Crippen molar-refractivity contribution < 1.29 is 0 Å². The molecule has 2 rings (SSSR count). The Labute approximate surface area is 113 Å². The summed E-state index contributed by atoms with van der Waals surface area (Å²) >= 11 is 0. The molecule has 3 heteroatoms. The Kier molecular flexibility index (Phi) is 4.66. The van der Waals surface area contributed by atoms with Crippen molar-refractivity contribution in [1.29, 1.82) is 5.26 Å². The summed E-state index contributed by atoms with van der Waals surface area (Å²) in [5.74, 6) is -0.108. The molecule has 1 aromatic carbocycles. The lowest BCUT2D eigenvalue weighted by molar-refractivity contribution is 0.650. The highest BCUT2D eigenvalue weighted by atomic mass is 14.9. The van der Waals surface area contributed by atoms with Crippen molar-refractivity contribution in [2.45, 2.75) is 19.4 Å². The number of rotatable bonds is 5. The summed E-state index contributed by atoms with van der Waals surface area (Å²) in [4.78, 5) is 4.07. The fraction of sp³-hybridized carbons (Fsp3) is 0.250. The second-order valence-corrected chi connectivity index (χ2v) is 4.53. The van der Waals surface area contributed by atoms with Crippen LogP contribution in [0, 0.1) is 18.3 Å². The zero-order chi connectivity index (χ0) is 13.5. The molecule has 0 aliphatic rings. The third kappa shape index (κ3) is 3.64. The Bertz CT molecular complexity index is 558. The first-order chi connectivity index (χ1) is 9.31. The molecule has 1 heterocycles. The molecule has 19 heavy (non-hydrogen) atoms. The van der Waals surface area contributed by atoms with E-state index in [-0.39, 0.29) is 5.92 Å². The maximum atomic E-state index is 9.23. The average molecular weight is 251 g/mol. The number of nitriles is 1. The third-order valence-electron chi connectivity index (χ3n) is 3.16. The molecule has 0 aliphatic heterocycles. The quantitative estimate of drug-likeness (QED) is 0.889. The highest BCUT2D eigenvalue weighted by Gasteiger charge is 2.09. The van der Waals surface area contributed by atoms with Crippen LogP contribution in [0.25, 0.3) is 0 Å². The number of benzene rings is 1. The first-order valence-electron chi connectivity index (χ1n) is 6.36. The summed E-state index contributed by atoms with van der Waals surface area (Å²) < 4.78 is 0. The molecule has 1 aromatic heterocycles. The Hall–Kier alpha value is -2.18. The molecule has 0 spiro atoms. The summed E-state index contributed by atoms with van der Waals surface area (Å²) in [7, 11) is 0. The largest absolute Gasteiger partial charge is 0.311 e. The summed E-state index contributed by atoms with van der Waals surface area (Å²) in [5, 5.41) is 12.6. The highest BCUT2D eigenvalue weighted by Crippen LogP contribution is 2.13. The number of hydrogen-bond acceptors (Lipinski definition) is 3. The van der Waals surface area contributed by atoms with Crippen LogP contribution in [-0.4, -0.2) is 11.5 Å². The monoisotopic (exact) mass is 251 g/mol. The fourth-order valence-electron chi connectivity index (χ4n) is 1.98. The van der Waals surface area contributed by atoms with Crippen molar-refractivity contribution in [2.75, 3.05) is 6.54 Å². The number of nitrogens with zero attached hydrogens (tertiary/aromatic N) is 2. The SMILES string of the molecule is Cc1cnccc1CNCC(C#N)c1ccccc1. The molecule has 0 amide bonds. The molecule has 1 atom stereocenters. The average Bonchev–Trinajstić information content (AvgIpc) is 2.46. The van der Waals surface area contributed by atoms with Gasteiger partial charge in [-0.05, 0) is 29.7 Å². The molecule has 0 saturated carbocycles. The predicted octanol–water partition coefficient (Wildman–Crippen LogP) is 2.79. The molecular formula is C16H17N3. The van der Waals surface area contributed by atoms with Crippen LogP contribution in [0.15, 0.2) is 48.8 Å². The zero-order valence-corrected chi connectivity index (χ0v) is 11.0. The minimum atomic E-state index is -0.108. The molecule has 0 fully saturated rings. The lowest BCUT2D eigenvalue weighted by atomic mass is 10.0. The summed E-state index contributed by atoms with van der Waals surface area (Å²) in [5.41, 5.74) is 3.45. The van der Waals surface area contributed by atoms with Gasteiger partial charge >= 0.3 is 0 Å². The van der Waals surface area contributed by atoms with Gasteiger partial charge in [0.1, 0.15) is 0 Å². The van der Waals surface area contributed by atoms with Crippen LogP contribution in [-0.2, 0) is 6.54 Å². The number of aromatic nitrogens is 1. The van der Waals surface area contributed by atoms with Crippen molar-refractivity contribution in [3.05, 3.63) is 65.5 Å². The van der Waals surface area contributed by atoms with Crippen molar-refractivity contribution in [3.63, 3.8) is 0 Å². The Morgan fingerprint density at radius 1 is 1.26 bits per heavy atom. The van der Waals surface area contributed by atoms with Crippen LogP contribution in [0.3, 0.4) is 0 Å². The fourth-order valence-corrected chi connectivity index (χ4v) is 1.98. The van der Waals surface area contributed by atoms with Gasteiger partial charge in [0, 0.05) is 25.5 Å². The minimum Gasteiger partial charge on any atom is -0.311 e. The second-order valence-electron chi connectivity index (χ2n) is 4.53. The molecule has 0 radical (unpaired) electrons. The van der Waals surface area contributed by atoms with Gasteiger partial charge in [0.25, 0.3) is 0 Å². The van der Waals surface area contributed by atoms with Gasteiger partial charge in [0.15, 0.2) is 0 Å². The van der Waals surface area contributed by atoms with Crippen LogP contribution in [0.2, 0.25) is 0 Å². The molecule has 0 bridgehead atoms. The van der Waals surface area contributed by atoms with E-state index >= 15 is 0 Å². The van der Waals surface area contributed by atoms with E-state index in [1.165, 1.54) is 11.1 Å². The Morgan fingerprint density at radius 3 is 2.74 bits per heavy atom. The smallest absolute Gasteiger partial charge is 0.0837 e. The van der Waals surface area contributed by atoms with Gasteiger partial charge in [-0.3, -0.25) is 4.98 Å². The normalized spacial score (nSPS) is 11.8. The van der Waals surface area contributed by atoms with Crippen LogP contribution in [0.1, 0.15) is 22.6 Å². The number of pyridine rings is 1. The van der Waals surface area contributed by atoms with Crippen LogP contribution >= 0.6 is 0 Å². The van der Waals surface area contributed by atoms with E-state index in [0.717, 1.165) is 12.1 Å². The van der Waals surface area contributed by atoms with E-state index in [1.54, 1.807) is 6.20 Å². The lowest BCUT2D eigenvalue weighted by Gasteiger charge is -2.11. The Balaban J connectivity index is 1.92. The van der Waals surface area contributed by atoms with E-state index in [2.05, 4.69) is 16.4 Å². The van der Waals surface area contributed by atoms with Gasteiger partial charge in [-0.1, -0.05) is 30.3 Å². The second kappa shape index (κ2) is 6.67. The van der Waals surface area contributed by atoms with Crippen molar-refractivity contribution in [2.24, 2.45) is 0 Å². The molecule has 3 nitrogen and oxygen atoms in total. The van der Waals surface area contributed by atoms with Crippen LogP contribution in [0.5, 0.6) is 0 Å². The van der Waals surface area contributed by atoms with Crippen LogP contribution in [0.4, 0.5) is 0 Å². The number of aryl methyl sites for hydroxylation is 1. The van der Waals surface area contributed by atoms with Gasteiger partial charge < -0.3 is 5.32 Å². The maximum Gasteiger partial charge on any atom is 0.0837 e. The zero-order valence-electron chi connectivity index (χ0n) is 11.0. The van der Waals surface area contributed by atoms with E-state index < -0.39 is 0 Å². The van der Waals surface area contributed by atoms with Crippen molar-refractivity contribution >= 4 is 0 Å². The predicted molar refractivity (Wildman–Crippen MR) is 75.5 cm³/mol. The van der Waals surface area contributed by atoms with Gasteiger partial charge in [-0.25, -0.2) is 0 Å². The van der Waals surface area contributed by atoms with Gasteiger partial charge in [-0.2, -0.15) is 5.26 Å². The number of nitrogens with one attached hydrogen (secondary N) is 1. The van der Waals surface area contributed by atoms with Crippen molar-refractivity contribution in [3.8, 4) is 6.07 Å². The number of hydrogen-bond donors (Lipinski definition) is 1. The summed E-state index contributed by atoms with van der Waals surface area (Å²) in [6, 6.07) is 14.2. The molecular weight excluding hydrogens is 234 g/mol. The van der Waals surface area contributed by atoms with E-state index in [1.807, 2.05) is 49.5 Å². The molecule has 0 aliphatic carbocycles. The molecule has 1 N–H and O–H groups in total. The molecule has 1 unspecified atom stereocenters. The summed E-state index contributed by atoms with van der Waals surface area (Å²) in [6.45, 7) is 3.46. The maximum absolute atomic E-state index is 9.23. The topological polar surface area (TPSA) is 48.7 Å². The minimum absolute atomic E-state index is 0.108. The first kappa shape index (κ1) is 13.3. The first-order valence-corrected chi connectivity index (χ1v) is 6.36. The van der Waals surface area contributed by atoms with E-state index in [4.69, 9.17) is 0 Å². The van der Waals surface area contributed by atoms with Crippen LogP contribution < -0.4 is 5.32 Å². The molecule has 2 aromatic rings. The van der Waals surface area contributed by atoms with Gasteiger partial charge in [0.05, 0.1) is 12.0 Å². The van der Waals surface area contributed by atoms with Crippen molar-refractivity contribution in [1.82, 2.24) is 10.3 Å². The lowest BCUT2D eigenvalue weighted by Crippen LogP contribution is -2.20. The highest BCUT2D eigenvalue weighted by molar-refractivity contribution is 5.25. The molecule has 0 saturated heterocycles. The van der Waals surface area contributed by atoms with Gasteiger partial charge in [0.2, 0.25) is 0 Å². The van der Waals surface area contributed by atoms with E-state index in [9.17, 15) is 5.26 Å². The standard InChI is InChI=1S/C16H17N3/c1-13-10-18-8-7-15(13)11-19-12-16(9-17)14-5-3-2-4-6-14/h2-8,10,16,19H,11-12H2,1H3. The Morgan fingerprint density at radius 2 is 2.05 bits per heavy atom. The molecule has 96 valence electrons.